The number of imidazole rings is 1. The molecule has 0 saturated carbocycles. The second-order valence-electron chi connectivity index (χ2n) is 7.68. The topological polar surface area (TPSA) is 106 Å². The summed E-state index contributed by atoms with van der Waals surface area (Å²) in [5, 5.41) is 11.0. The summed E-state index contributed by atoms with van der Waals surface area (Å²) in [6.45, 7) is 0. The fourth-order valence-corrected chi connectivity index (χ4v) is 3.62. The first-order valence-electron chi connectivity index (χ1n) is 10.6. The lowest BCUT2D eigenvalue weighted by Crippen LogP contribution is -2.17. The number of aryl methyl sites for hydroxylation is 1. The third-order valence-electron chi connectivity index (χ3n) is 5.36. The number of carbonyl (C=O) groups is 2. The number of benzene rings is 2. The van der Waals surface area contributed by atoms with E-state index in [9.17, 15) is 9.59 Å². The van der Waals surface area contributed by atoms with E-state index in [4.69, 9.17) is 0 Å². The lowest BCUT2D eigenvalue weighted by atomic mass is 10.0. The molecule has 166 valence electrons. The Morgan fingerprint density at radius 3 is 2.62 bits per heavy atom. The molecule has 8 heteroatoms. The predicted molar refractivity (Wildman–Crippen MR) is 130 cm³/mol. The van der Waals surface area contributed by atoms with Crippen molar-refractivity contribution in [3.05, 3.63) is 108 Å². The fourth-order valence-electron chi connectivity index (χ4n) is 3.62. The molecular formula is C26H20N6O2. The Bertz CT molecular complexity index is 1530. The van der Waals surface area contributed by atoms with Gasteiger partial charge < -0.3 is 9.88 Å². The van der Waals surface area contributed by atoms with Crippen molar-refractivity contribution in [2.45, 2.75) is 0 Å². The molecule has 0 bridgehead atoms. The van der Waals surface area contributed by atoms with Gasteiger partial charge in [-0.25, -0.2) is 4.98 Å². The molecule has 0 aliphatic heterocycles. The Morgan fingerprint density at radius 1 is 0.941 bits per heavy atom. The summed E-state index contributed by atoms with van der Waals surface area (Å²) in [5.74, 6) is -0.216. The lowest BCUT2D eigenvalue weighted by molar-refractivity contribution is 0.101. The molecule has 0 unspecified atom stereocenters. The molecule has 0 atom stereocenters. The van der Waals surface area contributed by atoms with Crippen molar-refractivity contribution in [2.24, 2.45) is 7.05 Å². The van der Waals surface area contributed by atoms with Crippen molar-refractivity contribution in [3.63, 3.8) is 0 Å². The smallest absolute Gasteiger partial charge is 0.291 e. The number of fused-ring (bicyclic) bond motifs is 1. The van der Waals surface area contributed by atoms with E-state index in [0.29, 0.717) is 16.8 Å². The zero-order chi connectivity index (χ0) is 23.5. The fraction of sp³-hybridized carbons (Fsp3) is 0.0385. The second kappa shape index (κ2) is 8.95. The maximum absolute atomic E-state index is 13.1. The van der Waals surface area contributed by atoms with Gasteiger partial charge in [-0.1, -0.05) is 24.3 Å². The maximum atomic E-state index is 13.1. The summed E-state index contributed by atoms with van der Waals surface area (Å²) in [7, 11) is 1.74. The summed E-state index contributed by atoms with van der Waals surface area (Å²) < 4.78 is 1.63. The zero-order valence-electron chi connectivity index (χ0n) is 18.3. The van der Waals surface area contributed by atoms with E-state index in [0.717, 1.165) is 22.3 Å². The van der Waals surface area contributed by atoms with Gasteiger partial charge in [-0.05, 0) is 48.6 Å². The average molecular weight is 448 g/mol. The predicted octanol–water partition coefficient (Wildman–Crippen LogP) is 4.35. The van der Waals surface area contributed by atoms with Crippen molar-refractivity contribution >= 4 is 40.4 Å². The third-order valence-corrected chi connectivity index (χ3v) is 5.36. The van der Waals surface area contributed by atoms with Crippen molar-refractivity contribution in [1.82, 2.24) is 24.7 Å². The molecule has 0 saturated heterocycles. The van der Waals surface area contributed by atoms with Crippen LogP contribution in [0.25, 0.3) is 23.1 Å². The maximum Gasteiger partial charge on any atom is 0.291 e. The Labute approximate surface area is 195 Å². The van der Waals surface area contributed by atoms with E-state index in [1.807, 2.05) is 36.4 Å². The zero-order valence-corrected chi connectivity index (χ0v) is 18.3. The summed E-state index contributed by atoms with van der Waals surface area (Å²) >= 11 is 0. The number of nitrogens with zero attached hydrogens (tertiary/aromatic N) is 4. The number of rotatable bonds is 6. The number of anilines is 1. The highest BCUT2D eigenvalue weighted by atomic mass is 16.2. The van der Waals surface area contributed by atoms with E-state index in [2.05, 4.69) is 25.5 Å². The third kappa shape index (κ3) is 4.24. The van der Waals surface area contributed by atoms with Gasteiger partial charge in [0.2, 0.25) is 0 Å². The standard InChI is InChI=1S/C26H20N6O2/c1-32-14-13-28-25(32)26(34)29-20-7-4-5-17(15-20)24(33)18-8-10-21-22(30-31-23(21)16-18)11-9-19-6-2-3-12-27-19/h2-16H,1H3,(H,29,34)(H,30,31). The van der Waals surface area contributed by atoms with Crippen LogP contribution < -0.4 is 5.32 Å². The molecule has 34 heavy (non-hydrogen) atoms. The number of H-pyrrole nitrogens is 1. The van der Waals surface area contributed by atoms with Crippen LogP contribution in [0.4, 0.5) is 5.69 Å². The van der Waals surface area contributed by atoms with Gasteiger partial charge in [0.1, 0.15) is 0 Å². The molecule has 3 heterocycles. The Hall–Kier alpha value is -4.85. The van der Waals surface area contributed by atoms with Crippen LogP contribution in [0, 0.1) is 0 Å². The molecule has 5 aromatic rings. The molecule has 5 rings (SSSR count). The Balaban J connectivity index is 1.36. The van der Waals surface area contributed by atoms with Crippen LogP contribution in [0.15, 0.2) is 79.3 Å². The van der Waals surface area contributed by atoms with Crippen LogP contribution in [0.5, 0.6) is 0 Å². The molecule has 0 aliphatic rings. The van der Waals surface area contributed by atoms with Gasteiger partial charge in [0.15, 0.2) is 11.6 Å². The molecule has 3 aromatic heterocycles. The first kappa shape index (κ1) is 21.0. The number of hydrogen-bond acceptors (Lipinski definition) is 5. The number of carbonyl (C=O) groups excluding carboxylic acids is 2. The summed E-state index contributed by atoms with van der Waals surface area (Å²) in [6, 6.07) is 18.0. The van der Waals surface area contributed by atoms with Gasteiger partial charge in [0.25, 0.3) is 5.91 Å². The van der Waals surface area contributed by atoms with Gasteiger partial charge in [-0.15, -0.1) is 0 Å². The van der Waals surface area contributed by atoms with Gasteiger partial charge in [0, 0.05) is 47.8 Å². The minimum absolute atomic E-state index is 0.157. The lowest BCUT2D eigenvalue weighted by Gasteiger charge is -2.07. The van der Waals surface area contributed by atoms with E-state index >= 15 is 0 Å². The van der Waals surface area contributed by atoms with E-state index in [-0.39, 0.29) is 17.5 Å². The van der Waals surface area contributed by atoms with Crippen molar-refractivity contribution in [3.8, 4) is 0 Å². The number of aromatic amines is 1. The largest absolute Gasteiger partial charge is 0.330 e. The normalized spacial score (nSPS) is 11.2. The van der Waals surface area contributed by atoms with E-state index in [1.165, 1.54) is 0 Å². The van der Waals surface area contributed by atoms with Crippen LogP contribution in [0.1, 0.15) is 37.9 Å². The highest BCUT2D eigenvalue weighted by molar-refractivity contribution is 6.11. The quantitative estimate of drug-likeness (QED) is 0.376. The highest BCUT2D eigenvalue weighted by Crippen LogP contribution is 2.22. The van der Waals surface area contributed by atoms with Crippen molar-refractivity contribution in [1.29, 1.82) is 0 Å². The average Bonchev–Trinajstić information content (AvgIpc) is 3.48. The monoisotopic (exact) mass is 448 g/mol. The van der Waals surface area contributed by atoms with Gasteiger partial charge >= 0.3 is 0 Å². The number of hydrogen-bond donors (Lipinski definition) is 2. The second-order valence-corrected chi connectivity index (χ2v) is 7.68. The van der Waals surface area contributed by atoms with Crippen LogP contribution in [-0.4, -0.2) is 36.4 Å². The summed E-state index contributed by atoms with van der Waals surface area (Å²) in [6.07, 6.45) is 8.76. The van der Waals surface area contributed by atoms with Crippen LogP contribution in [-0.2, 0) is 7.05 Å². The number of amides is 1. The number of ketones is 1. The van der Waals surface area contributed by atoms with Crippen molar-refractivity contribution in [2.75, 3.05) is 5.32 Å². The van der Waals surface area contributed by atoms with E-state index < -0.39 is 0 Å². The van der Waals surface area contributed by atoms with Gasteiger partial charge in [-0.3, -0.25) is 19.7 Å². The molecule has 8 nitrogen and oxygen atoms in total. The van der Waals surface area contributed by atoms with Gasteiger partial charge in [-0.2, -0.15) is 5.10 Å². The Kier molecular flexibility index (Phi) is 5.53. The first-order chi connectivity index (χ1) is 16.6. The number of aromatic nitrogens is 5. The van der Waals surface area contributed by atoms with E-state index in [1.54, 1.807) is 66.6 Å². The first-order valence-corrected chi connectivity index (χ1v) is 10.6. The molecular weight excluding hydrogens is 428 g/mol. The molecule has 0 radical (unpaired) electrons. The molecule has 1 amide bonds. The summed E-state index contributed by atoms with van der Waals surface area (Å²) in [5.41, 5.74) is 3.85. The molecule has 0 fully saturated rings. The molecule has 0 spiro atoms. The SMILES string of the molecule is Cn1ccnc1C(=O)Nc1cccc(C(=O)c2ccc3c(C=Cc4ccccn4)n[nH]c3c2)c1. The Morgan fingerprint density at radius 2 is 1.82 bits per heavy atom. The van der Waals surface area contributed by atoms with Gasteiger partial charge in [0.05, 0.1) is 16.9 Å². The number of pyridine rings is 1. The molecule has 2 N–H and O–H groups in total. The summed E-state index contributed by atoms with van der Waals surface area (Å²) in [4.78, 5) is 33.9. The highest BCUT2D eigenvalue weighted by Gasteiger charge is 2.15. The minimum atomic E-state index is -0.345. The van der Waals surface area contributed by atoms with Crippen LogP contribution in [0.2, 0.25) is 0 Å². The van der Waals surface area contributed by atoms with Crippen molar-refractivity contribution < 1.29 is 9.59 Å². The van der Waals surface area contributed by atoms with Crippen LogP contribution in [0.3, 0.4) is 0 Å². The van der Waals surface area contributed by atoms with Crippen LogP contribution >= 0.6 is 0 Å². The molecule has 2 aromatic carbocycles. The number of nitrogens with one attached hydrogen (secondary N) is 2. The molecule has 0 aliphatic carbocycles. The minimum Gasteiger partial charge on any atom is -0.330 e.